The van der Waals surface area contributed by atoms with Gasteiger partial charge in [-0.15, -0.1) is 32.8 Å². The van der Waals surface area contributed by atoms with Crippen LogP contribution in [-0.4, -0.2) is 93.4 Å². The molecule has 0 aliphatic carbocycles. The molecule has 0 radical (unpaired) electrons. The van der Waals surface area contributed by atoms with Crippen LogP contribution in [0.1, 0.15) is 0 Å². The van der Waals surface area contributed by atoms with Gasteiger partial charge >= 0.3 is 0 Å². The van der Waals surface area contributed by atoms with Crippen molar-refractivity contribution in [3.63, 3.8) is 0 Å². The number of fused-ring (bicyclic) bond motifs is 3. The Morgan fingerprint density at radius 2 is 0.712 bits per heavy atom. The number of hydrogen-bond acceptors (Lipinski definition) is 4. The zero-order valence-electron chi connectivity index (χ0n) is 35.7. The third kappa shape index (κ3) is 6.54. The van der Waals surface area contributed by atoms with Crippen LogP contribution in [0.3, 0.4) is 0 Å². The van der Waals surface area contributed by atoms with E-state index in [0.29, 0.717) is 17.5 Å². The van der Waals surface area contributed by atoms with Gasteiger partial charge in [0.05, 0.1) is 0 Å². The molecule has 0 fully saturated rings. The van der Waals surface area contributed by atoms with E-state index in [1.54, 1.807) is 0 Å². The van der Waals surface area contributed by atoms with E-state index in [-0.39, 0.29) is 0 Å². The lowest BCUT2D eigenvalue weighted by atomic mass is 9.60. The molecule has 2 aromatic heterocycles. The molecule has 0 bridgehead atoms. The molecule has 59 heavy (non-hydrogen) atoms. The summed E-state index contributed by atoms with van der Waals surface area (Å²) in [6, 6.07) is 40.8. The summed E-state index contributed by atoms with van der Waals surface area (Å²) in [5.41, 5.74) is 24.3. The number of benzene rings is 7. The summed E-state index contributed by atoms with van der Waals surface area (Å²) in [7, 11) is 22.0. The lowest BCUT2D eigenvalue weighted by molar-refractivity contribution is 0.669. The Labute approximate surface area is 355 Å². The molecule has 0 unspecified atom stereocenters. The summed E-state index contributed by atoms with van der Waals surface area (Å²) >= 11 is 0. The van der Waals surface area contributed by atoms with Crippen LogP contribution in [0, 0.1) is 0 Å². The van der Waals surface area contributed by atoms with E-state index in [0.717, 1.165) is 49.8 Å². The van der Waals surface area contributed by atoms with E-state index in [1.807, 2.05) is 12.1 Å². The fourth-order valence-electron chi connectivity index (χ4n) is 8.92. The molecule has 14 heteroatoms. The third-order valence-corrected chi connectivity index (χ3v) is 13.4. The molecular formula is C45H39B10N3O. The van der Waals surface area contributed by atoms with Crippen LogP contribution in [-0.2, 0) is 0 Å². The lowest BCUT2D eigenvalue weighted by Gasteiger charge is -2.22. The first-order chi connectivity index (χ1) is 28.4. The van der Waals surface area contributed by atoms with Gasteiger partial charge in [0.15, 0.2) is 17.5 Å². The van der Waals surface area contributed by atoms with Gasteiger partial charge in [0.1, 0.15) is 89.6 Å². The number of hydrogen-bond donors (Lipinski definition) is 0. The van der Waals surface area contributed by atoms with Crippen LogP contribution in [0.5, 0.6) is 0 Å². The number of aromatic nitrogens is 3. The Balaban J connectivity index is 1.16. The molecule has 9 aromatic rings. The van der Waals surface area contributed by atoms with Crippen LogP contribution in [0.2, 0.25) is 0 Å². The van der Waals surface area contributed by atoms with Crippen LogP contribution in [0.4, 0.5) is 0 Å². The van der Waals surface area contributed by atoms with Crippen LogP contribution in [0.25, 0.3) is 89.5 Å². The van der Waals surface area contributed by atoms with Crippen molar-refractivity contribution in [1.29, 1.82) is 0 Å². The van der Waals surface area contributed by atoms with Crippen molar-refractivity contribution in [2.24, 2.45) is 0 Å². The molecule has 7 aromatic carbocycles. The van der Waals surface area contributed by atoms with Crippen molar-refractivity contribution in [1.82, 2.24) is 15.0 Å². The Hall–Kier alpha value is -6.00. The van der Waals surface area contributed by atoms with Gasteiger partial charge in [-0.3, -0.25) is 0 Å². The van der Waals surface area contributed by atoms with Crippen molar-refractivity contribution >= 4 is 155 Å². The second kappa shape index (κ2) is 15.0. The fourth-order valence-corrected chi connectivity index (χ4v) is 8.92. The normalized spacial score (nSPS) is 11.4. The van der Waals surface area contributed by atoms with Gasteiger partial charge < -0.3 is 4.42 Å². The average molecular weight is 746 g/mol. The molecule has 2 heterocycles. The minimum absolute atomic E-state index is 0.638. The highest BCUT2D eigenvalue weighted by molar-refractivity contribution is 6.69. The molecule has 4 nitrogen and oxygen atoms in total. The molecule has 0 saturated heterocycles. The maximum Gasteiger partial charge on any atom is 0.164 e. The molecule has 270 valence electrons. The first-order valence-corrected chi connectivity index (χ1v) is 20.5. The standard InChI is InChI=1S/C45H39B10N3O/c46-33-31(34(47)38(51)41(54)37(33)50)44-56-43(57-45(58-44)32-35(48)39(52)42(55)40(53)36(32)49)27-7-4-8-28-30(27)26-18-17-25(19-29(26)59-28)24-15-13-23(14-16-24)22-11-9-21(10-12-22)20-5-2-1-3-6-20/h1-19H,46-55H2. The van der Waals surface area contributed by atoms with Gasteiger partial charge in [0, 0.05) is 27.5 Å². The highest BCUT2D eigenvalue weighted by Gasteiger charge is 2.23. The van der Waals surface area contributed by atoms with E-state index in [4.69, 9.17) is 19.4 Å². The largest absolute Gasteiger partial charge is 0.456 e. The van der Waals surface area contributed by atoms with Crippen LogP contribution >= 0.6 is 0 Å². The Morgan fingerprint density at radius 3 is 1.19 bits per heavy atom. The summed E-state index contributed by atoms with van der Waals surface area (Å²) in [6.45, 7) is 0. The van der Waals surface area contributed by atoms with Gasteiger partial charge in [-0.25, -0.2) is 15.0 Å². The molecule has 0 atom stereocenters. The molecule has 0 N–H and O–H groups in total. The van der Waals surface area contributed by atoms with Gasteiger partial charge in [-0.2, -0.15) is 0 Å². The van der Waals surface area contributed by atoms with Crippen LogP contribution in [0.15, 0.2) is 120 Å². The maximum atomic E-state index is 6.64. The zero-order chi connectivity index (χ0) is 41.3. The summed E-state index contributed by atoms with van der Waals surface area (Å²) in [5, 5.41) is 2.03. The highest BCUT2D eigenvalue weighted by Crippen LogP contribution is 2.38. The Morgan fingerprint density at radius 1 is 0.322 bits per heavy atom. The number of furan rings is 1. The Kier molecular flexibility index (Phi) is 9.78. The van der Waals surface area contributed by atoms with E-state index >= 15 is 0 Å². The summed E-state index contributed by atoms with van der Waals surface area (Å²) in [5.74, 6) is 2.03. The van der Waals surface area contributed by atoms with Crippen molar-refractivity contribution < 1.29 is 4.42 Å². The predicted molar refractivity (Wildman–Crippen MR) is 282 cm³/mol. The highest BCUT2D eigenvalue weighted by atomic mass is 16.3. The van der Waals surface area contributed by atoms with Crippen molar-refractivity contribution in [2.45, 2.75) is 0 Å². The second-order valence-electron chi connectivity index (χ2n) is 16.3. The van der Waals surface area contributed by atoms with Gasteiger partial charge in [0.25, 0.3) is 0 Å². The maximum absolute atomic E-state index is 6.64. The van der Waals surface area contributed by atoms with E-state index < -0.39 is 0 Å². The molecule has 0 spiro atoms. The molecule has 0 saturated carbocycles. The fraction of sp³-hybridized carbons (Fsp3) is 0. The minimum Gasteiger partial charge on any atom is -0.456 e. The molecule has 9 rings (SSSR count). The quantitative estimate of drug-likeness (QED) is 0.160. The topological polar surface area (TPSA) is 51.8 Å². The smallest absolute Gasteiger partial charge is 0.164 e. The first-order valence-electron chi connectivity index (χ1n) is 20.5. The van der Waals surface area contributed by atoms with Crippen molar-refractivity contribution in [3.8, 4) is 67.5 Å². The average Bonchev–Trinajstić information content (AvgIpc) is 3.65. The van der Waals surface area contributed by atoms with Crippen molar-refractivity contribution in [3.05, 3.63) is 115 Å². The van der Waals surface area contributed by atoms with Gasteiger partial charge in [-0.05, 0) is 51.6 Å². The van der Waals surface area contributed by atoms with Gasteiger partial charge in [-0.1, -0.05) is 119 Å². The number of rotatable bonds is 6. The molecule has 0 aliphatic heterocycles. The lowest BCUT2D eigenvalue weighted by Crippen LogP contribution is -2.55. The molecular weight excluding hydrogens is 707 g/mol. The summed E-state index contributed by atoms with van der Waals surface area (Å²) in [4.78, 5) is 16.0. The van der Waals surface area contributed by atoms with E-state index in [2.05, 4.69) is 182 Å². The van der Waals surface area contributed by atoms with Crippen molar-refractivity contribution in [2.75, 3.05) is 0 Å². The summed E-state index contributed by atoms with van der Waals surface area (Å²) in [6.07, 6.45) is 0. The monoisotopic (exact) mass is 747 g/mol. The molecule has 0 amide bonds. The SMILES string of the molecule is Bc1c(B)c(B)c(-c2nc(-c3c(B)c(B)c(B)c(B)c3B)nc(-c3cccc4oc5cc(-c6ccc(-c7ccc(-c8ccccc8)cc7)cc6)ccc5c34)n2)c(B)c1B. The van der Waals surface area contributed by atoms with E-state index in [9.17, 15) is 0 Å². The zero-order valence-corrected chi connectivity index (χ0v) is 35.7. The second-order valence-corrected chi connectivity index (χ2v) is 16.3. The summed E-state index contributed by atoms with van der Waals surface area (Å²) < 4.78 is 6.64. The predicted octanol–water partition coefficient (Wildman–Crippen LogP) is -5.64. The number of nitrogens with zero attached hydrogens (tertiary/aromatic N) is 3. The Bertz CT molecular complexity index is 3010. The third-order valence-electron chi connectivity index (χ3n) is 13.4. The van der Waals surface area contributed by atoms with E-state index in [1.165, 1.54) is 76.9 Å². The minimum atomic E-state index is 0.638. The molecule has 0 aliphatic rings. The van der Waals surface area contributed by atoms with Crippen LogP contribution < -0.4 is 54.6 Å². The first kappa shape index (κ1) is 38.5. The van der Waals surface area contributed by atoms with Gasteiger partial charge in [0.2, 0.25) is 0 Å².